The molecular formula is C13H21NO2. The second-order valence-corrected chi connectivity index (χ2v) is 5.80. The zero-order valence-corrected chi connectivity index (χ0v) is 9.95. The SMILES string of the molecule is COC1CCC(NC(=O)C2CC3CC3C2)C1. The van der Waals surface area contributed by atoms with Gasteiger partial charge in [-0.05, 0) is 50.4 Å². The lowest BCUT2D eigenvalue weighted by molar-refractivity contribution is -0.125. The van der Waals surface area contributed by atoms with Crippen LogP contribution in [0.1, 0.15) is 38.5 Å². The second kappa shape index (κ2) is 4.02. The summed E-state index contributed by atoms with van der Waals surface area (Å²) in [4.78, 5) is 12.0. The summed E-state index contributed by atoms with van der Waals surface area (Å²) in [5.74, 6) is 2.43. The summed E-state index contributed by atoms with van der Waals surface area (Å²) in [6.07, 6.45) is 7.23. The maximum absolute atomic E-state index is 12.0. The molecule has 3 rings (SSSR count). The molecule has 16 heavy (non-hydrogen) atoms. The van der Waals surface area contributed by atoms with Gasteiger partial charge in [-0.2, -0.15) is 0 Å². The molecule has 3 nitrogen and oxygen atoms in total. The van der Waals surface area contributed by atoms with E-state index < -0.39 is 0 Å². The normalized spacial score (nSPS) is 45.4. The van der Waals surface area contributed by atoms with E-state index in [2.05, 4.69) is 5.32 Å². The minimum absolute atomic E-state index is 0.314. The van der Waals surface area contributed by atoms with Gasteiger partial charge in [0.1, 0.15) is 0 Å². The topological polar surface area (TPSA) is 38.3 Å². The van der Waals surface area contributed by atoms with Crippen molar-refractivity contribution in [1.82, 2.24) is 5.32 Å². The van der Waals surface area contributed by atoms with Crippen LogP contribution >= 0.6 is 0 Å². The van der Waals surface area contributed by atoms with Gasteiger partial charge in [0, 0.05) is 19.1 Å². The van der Waals surface area contributed by atoms with E-state index in [4.69, 9.17) is 4.74 Å². The Labute approximate surface area is 96.9 Å². The molecule has 4 atom stereocenters. The maximum Gasteiger partial charge on any atom is 0.223 e. The van der Waals surface area contributed by atoms with Crippen molar-refractivity contribution >= 4 is 5.91 Å². The Hall–Kier alpha value is -0.570. The number of carbonyl (C=O) groups is 1. The third-order valence-electron chi connectivity index (χ3n) is 4.68. The van der Waals surface area contributed by atoms with Crippen molar-refractivity contribution in [3.8, 4) is 0 Å². The van der Waals surface area contributed by atoms with Gasteiger partial charge in [-0.1, -0.05) is 0 Å². The average Bonchev–Trinajstić information content (AvgIpc) is 2.74. The third kappa shape index (κ3) is 1.97. The fraction of sp³-hybridized carbons (Fsp3) is 0.923. The summed E-state index contributed by atoms with van der Waals surface area (Å²) < 4.78 is 5.32. The van der Waals surface area contributed by atoms with E-state index in [1.165, 1.54) is 6.42 Å². The van der Waals surface area contributed by atoms with E-state index in [-0.39, 0.29) is 0 Å². The van der Waals surface area contributed by atoms with Gasteiger partial charge in [0.15, 0.2) is 0 Å². The predicted octanol–water partition coefficient (Wildman–Crippen LogP) is 1.72. The minimum Gasteiger partial charge on any atom is -0.381 e. The Morgan fingerprint density at radius 3 is 2.50 bits per heavy atom. The van der Waals surface area contributed by atoms with E-state index in [1.54, 1.807) is 7.11 Å². The molecule has 0 heterocycles. The zero-order valence-electron chi connectivity index (χ0n) is 9.95. The van der Waals surface area contributed by atoms with Gasteiger partial charge in [0.25, 0.3) is 0 Å². The van der Waals surface area contributed by atoms with Gasteiger partial charge in [-0.3, -0.25) is 4.79 Å². The van der Waals surface area contributed by atoms with E-state index in [0.717, 1.165) is 43.9 Å². The first-order chi connectivity index (χ1) is 7.76. The lowest BCUT2D eigenvalue weighted by Gasteiger charge is -2.17. The molecule has 3 fully saturated rings. The lowest BCUT2D eigenvalue weighted by atomic mass is 10.0. The summed E-state index contributed by atoms with van der Waals surface area (Å²) in [6, 6.07) is 0.370. The highest BCUT2D eigenvalue weighted by Crippen LogP contribution is 2.54. The van der Waals surface area contributed by atoms with E-state index in [9.17, 15) is 4.79 Å². The van der Waals surface area contributed by atoms with Crippen LogP contribution in [-0.4, -0.2) is 25.2 Å². The highest BCUT2D eigenvalue weighted by atomic mass is 16.5. The summed E-state index contributed by atoms with van der Waals surface area (Å²) in [7, 11) is 1.76. The van der Waals surface area contributed by atoms with Gasteiger partial charge in [-0.25, -0.2) is 0 Å². The van der Waals surface area contributed by atoms with Crippen LogP contribution in [0, 0.1) is 17.8 Å². The monoisotopic (exact) mass is 223 g/mol. The molecule has 1 N–H and O–H groups in total. The molecule has 90 valence electrons. The minimum atomic E-state index is 0.314. The van der Waals surface area contributed by atoms with E-state index >= 15 is 0 Å². The molecule has 0 aromatic carbocycles. The molecule has 0 aliphatic heterocycles. The zero-order chi connectivity index (χ0) is 11.1. The standard InChI is InChI=1S/C13H21NO2/c1-16-12-3-2-11(7-12)14-13(15)10-5-8-4-9(8)6-10/h8-12H,2-7H2,1H3,(H,14,15). The Bertz CT molecular complexity index is 282. The smallest absolute Gasteiger partial charge is 0.223 e. The van der Waals surface area contributed by atoms with E-state index in [0.29, 0.717) is 24.0 Å². The van der Waals surface area contributed by atoms with Crippen LogP contribution in [-0.2, 0) is 9.53 Å². The van der Waals surface area contributed by atoms with Crippen LogP contribution in [0.4, 0.5) is 0 Å². The highest BCUT2D eigenvalue weighted by Gasteiger charge is 2.48. The number of rotatable bonds is 3. The van der Waals surface area contributed by atoms with Crippen LogP contribution in [0.5, 0.6) is 0 Å². The van der Waals surface area contributed by atoms with Crippen LogP contribution < -0.4 is 5.32 Å². The molecule has 3 saturated carbocycles. The van der Waals surface area contributed by atoms with Crippen molar-refractivity contribution in [3.05, 3.63) is 0 Å². The Kier molecular flexibility index (Phi) is 2.66. The van der Waals surface area contributed by atoms with Gasteiger partial charge < -0.3 is 10.1 Å². The Morgan fingerprint density at radius 1 is 1.12 bits per heavy atom. The van der Waals surface area contributed by atoms with Gasteiger partial charge in [0.2, 0.25) is 5.91 Å². The first-order valence-corrected chi connectivity index (χ1v) is 6.59. The van der Waals surface area contributed by atoms with Crippen LogP contribution in [0.3, 0.4) is 0 Å². The molecule has 0 saturated heterocycles. The summed E-state index contributed by atoms with van der Waals surface area (Å²) in [5.41, 5.74) is 0. The summed E-state index contributed by atoms with van der Waals surface area (Å²) in [6.45, 7) is 0. The van der Waals surface area contributed by atoms with Gasteiger partial charge in [0.05, 0.1) is 6.10 Å². The first kappa shape index (κ1) is 10.6. The molecular weight excluding hydrogens is 202 g/mol. The van der Waals surface area contributed by atoms with Crippen molar-refractivity contribution < 1.29 is 9.53 Å². The third-order valence-corrected chi connectivity index (χ3v) is 4.68. The van der Waals surface area contributed by atoms with Crippen molar-refractivity contribution in [3.63, 3.8) is 0 Å². The predicted molar refractivity (Wildman–Crippen MR) is 60.9 cm³/mol. The molecule has 0 spiro atoms. The maximum atomic E-state index is 12.0. The van der Waals surface area contributed by atoms with Crippen molar-refractivity contribution in [2.45, 2.75) is 50.7 Å². The second-order valence-electron chi connectivity index (χ2n) is 5.80. The van der Waals surface area contributed by atoms with Crippen LogP contribution in [0.15, 0.2) is 0 Å². The summed E-state index contributed by atoms with van der Waals surface area (Å²) in [5, 5.41) is 3.21. The van der Waals surface area contributed by atoms with Crippen molar-refractivity contribution in [1.29, 1.82) is 0 Å². The fourth-order valence-electron chi connectivity index (χ4n) is 3.53. The molecule has 1 amide bonds. The quantitative estimate of drug-likeness (QED) is 0.791. The molecule has 0 aromatic heterocycles. The number of amides is 1. The first-order valence-electron chi connectivity index (χ1n) is 6.59. The van der Waals surface area contributed by atoms with Gasteiger partial charge in [-0.15, -0.1) is 0 Å². The Morgan fingerprint density at radius 2 is 1.88 bits per heavy atom. The van der Waals surface area contributed by atoms with E-state index in [1.807, 2.05) is 0 Å². The van der Waals surface area contributed by atoms with Gasteiger partial charge >= 0.3 is 0 Å². The number of methoxy groups -OCH3 is 1. The number of ether oxygens (including phenoxy) is 1. The number of nitrogens with one attached hydrogen (secondary N) is 1. The average molecular weight is 223 g/mol. The molecule has 0 aromatic rings. The number of hydrogen-bond donors (Lipinski definition) is 1. The fourth-order valence-corrected chi connectivity index (χ4v) is 3.53. The summed E-state index contributed by atoms with van der Waals surface area (Å²) >= 11 is 0. The lowest BCUT2D eigenvalue weighted by Crippen LogP contribution is -2.37. The number of fused-ring (bicyclic) bond motifs is 1. The number of hydrogen-bond acceptors (Lipinski definition) is 2. The van der Waals surface area contributed by atoms with Crippen molar-refractivity contribution in [2.24, 2.45) is 17.8 Å². The number of carbonyl (C=O) groups excluding carboxylic acids is 1. The van der Waals surface area contributed by atoms with Crippen molar-refractivity contribution in [2.75, 3.05) is 7.11 Å². The molecule has 3 heteroatoms. The largest absolute Gasteiger partial charge is 0.381 e. The molecule has 0 radical (unpaired) electrons. The molecule has 3 aliphatic carbocycles. The van der Waals surface area contributed by atoms with Crippen LogP contribution in [0.25, 0.3) is 0 Å². The van der Waals surface area contributed by atoms with Crippen LogP contribution in [0.2, 0.25) is 0 Å². The highest BCUT2D eigenvalue weighted by molar-refractivity contribution is 5.79. The Balaban J connectivity index is 1.46. The molecule has 0 bridgehead atoms. The molecule has 3 aliphatic rings. The molecule has 4 unspecified atom stereocenters.